The first kappa shape index (κ1) is 28.7. The molecule has 5 rings (SSSR count). The van der Waals surface area contributed by atoms with Crippen LogP contribution in [0.25, 0.3) is 0 Å². The number of benzene rings is 2. The number of hydrogen-bond donors (Lipinski definition) is 2. The average Bonchev–Trinajstić information content (AvgIpc) is 3.36. The number of pyridine rings is 1. The standard InChI is InChI=1S/C29H27F3N6O4/c1-17-24(26(39)42-3)25(23-8-7-18(15-33)13-19(23)16-36-11-9-22(41-2)10-12-36)38-27(34-35-28(38)40)37(17)21-6-4-5-20(14-21)29(30,31)32/h4-14,17,24-25,27,34H,16H2,1-3H3/p+1/t17?,24?,25-,27?/m0/s1. The fraction of sp³-hybridized carbons (Fsp3) is 0.310. The van der Waals surface area contributed by atoms with Crippen LogP contribution in [0.1, 0.15) is 35.2 Å². The molecule has 10 nitrogen and oxygen atoms in total. The Bertz CT molecular complexity index is 1540. The van der Waals surface area contributed by atoms with Gasteiger partial charge < -0.3 is 14.4 Å². The van der Waals surface area contributed by atoms with Crippen LogP contribution in [0.3, 0.4) is 0 Å². The van der Waals surface area contributed by atoms with Crippen molar-refractivity contribution in [1.82, 2.24) is 15.8 Å². The van der Waals surface area contributed by atoms with Gasteiger partial charge in [-0.05, 0) is 42.8 Å². The molecular formula is C29H28F3N6O4+. The third-order valence-corrected chi connectivity index (χ3v) is 7.65. The lowest BCUT2D eigenvalue weighted by atomic mass is 9.81. The number of methoxy groups -OCH3 is 2. The van der Waals surface area contributed by atoms with Crippen LogP contribution < -0.4 is 25.1 Å². The lowest BCUT2D eigenvalue weighted by molar-refractivity contribution is -0.688. The van der Waals surface area contributed by atoms with Crippen LogP contribution in [0.5, 0.6) is 5.75 Å². The Balaban J connectivity index is 1.64. The van der Waals surface area contributed by atoms with Gasteiger partial charge >= 0.3 is 18.2 Å². The Morgan fingerprint density at radius 3 is 2.48 bits per heavy atom. The van der Waals surface area contributed by atoms with Crippen LogP contribution in [-0.4, -0.2) is 43.5 Å². The number of hydrazine groups is 1. The smallest absolute Gasteiger partial charge is 0.416 e. The summed E-state index contributed by atoms with van der Waals surface area (Å²) in [5.41, 5.74) is 6.37. The molecule has 218 valence electrons. The number of halogens is 3. The quantitative estimate of drug-likeness (QED) is 0.339. The van der Waals surface area contributed by atoms with E-state index in [1.165, 1.54) is 24.1 Å². The van der Waals surface area contributed by atoms with Gasteiger partial charge in [-0.1, -0.05) is 12.1 Å². The summed E-state index contributed by atoms with van der Waals surface area (Å²) < 4.78 is 53.1. The third kappa shape index (κ3) is 5.16. The molecule has 2 saturated heterocycles. The Morgan fingerprint density at radius 2 is 1.83 bits per heavy atom. The van der Waals surface area contributed by atoms with Gasteiger partial charge in [0.05, 0.1) is 37.5 Å². The SMILES string of the molecule is COC(=O)C1C(C)N(c2cccc(C(F)(F)F)c2)C2NNC(=O)N2[C@H]1c1ccc(C#N)cc1C[n+]1ccc(OC)cc1. The summed E-state index contributed by atoms with van der Waals surface area (Å²) in [5.74, 6) is -1.00. The van der Waals surface area contributed by atoms with E-state index in [0.717, 1.165) is 12.1 Å². The molecule has 13 heteroatoms. The van der Waals surface area contributed by atoms with E-state index in [2.05, 4.69) is 16.9 Å². The predicted molar refractivity (Wildman–Crippen MR) is 142 cm³/mol. The molecule has 3 aromatic rings. The first-order valence-electron chi connectivity index (χ1n) is 13.0. The number of esters is 1. The van der Waals surface area contributed by atoms with Crippen LogP contribution in [0, 0.1) is 17.2 Å². The molecule has 2 aliphatic rings. The number of nitrogens with one attached hydrogen (secondary N) is 2. The van der Waals surface area contributed by atoms with E-state index in [0.29, 0.717) is 29.0 Å². The van der Waals surface area contributed by atoms with Crippen molar-refractivity contribution in [3.63, 3.8) is 0 Å². The molecule has 0 radical (unpaired) electrons. The second-order valence-electron chi connectivity index (χ2n) is 9.98. The summed E-state index contributed by atoms with van der Waals surface area (Å²) in [6.07, 6.45) is -1.94. The fourth-order valence-corrected chi connectivity index (χ4v) is 5.69. The number of alkyl halides is 3. The number of hydrogen-bond acceptors (Lipinski definition) is 7. The molecule has 0 saturated carbocycles. The zero-order chi connectivity index (χ0) is 30.2. The van der Waals surface area contributed by atoms with E-state index in [4.69, 9.17) is 9.47 Å². The van der Waals surface area contributed by atoms with E-state index in [1.54, 1.807) is 61.7 Å². The van der Waals surface area contributed by atoms with Crippen molar-refractivity contribution in [1.29, 1.82) is 5.26 Å². The normalized spacial score (nSPS) is 21.8. The zero-order valence-electron chi connectivity index (χ0n) is 22.9. The number of carbonyl (C=O) groups is 2. The highest BCUT2D eigenvalue weighted by molar-refractivity contribution is 5.82. The third-order valence-electron chi connectivity index (χ3n) is 7.65. The molecule has 2 N–H and O–H groups in total. The fourth-order valence-electron chi connectivity index (χ4n) is 5.69. The molecule has 4 atom stereocenters. The minimum Gasteiger partial charge on any atom is -0.496 e. The van der Waals surface area contributed by atoms with E-state index in [1.807, 2.05) is 4.57 Å². The number of rotatable bonds is 6. The Morgan fingerprint density at radius 1 is 1.10 bits per heavy atom. The average molecular weight is 582 g/mol. The van der Waals surface area contributed by atoms with Crippen LogP contribution in [-0.2, 0) is 22.3 Å². The van der Waals surface area contributed by atoms with Crippen molar-refractivity contribution < 1.29 is 36.8 Å². The molecule has 2 aromatic carbocycles. The number of urea groups is 1. The lowest BCUT2D eigenvalue weighted by Crippen LogP contribution is -2.65. The van der Waals surface area contributed by atoms with Gasteiger partial charge in [0.25, 0.3) is 0 Å². The van der Waals surface area contributed by atoms with E-state index in [-0.39, 0.29) is 5.69 Å². The van der Waals surface area contributed by atoms with Gasteiger partial charge in [-0.25, -0.2) is 9.36 Å². The summed E-state index contributed by atoms with van der Waals surface area (Å²) in [6, 6.07) is 13.2. The summed E-state index contributed by atoms with van der Waals surface area (Å²) in [5, 5.41) is 9.63. The van der Waals surface area contributed by atoms with Gasteiger partial charge in [0.1, 0.15) is 11.7 Å². The maximum Gasteiger partial charge on any atom is 0.416 e. The number of ether oxygens (including phenoxy) is 2. The second-order valence-corrected chi connectivity index (χ2v) is 9.98. The number of nitriles is 1. The number of amides is 2. The van der Waals surface area contributed by atoms with Crippen LogP contribution >= 0.6 is 0 Å². The van der Waals surface area contributed by atoms with E-state index < -0.39 is 48.0 Å². The van der Waals surface area contributed by atoms with Gasteiger partial charge in [-0.15, -0.1) is 0 Å². The molecule has 2 amide bonds. The molecule has 0 spiro atoms. The molecule has 0 aliphatic carbocycles. The maximum absolute atomic E-state index is 13.6. The minimum absolute atomic E-state index is 0.164. The number of carbonyl (C=O) groups excluding carboxylic acids is 2. The lowest BCUT2D eigenvalue weighted by Gasteiger charge is -2.51. The number of aromatic nitrogens is 1. The molecular weight excluding hydrogens is 553 g/mol. The summed E-state index contributed by atoms with van der Waals surface area (Å²) in [7, 11) is 2.78. The minimum atomic E-state index is -4.59. The Hall–Kier alpha value is -4.83. The van der Waals surface area contributed by atoms with Crippen LogP contribution in [0.15, 0.2) is 67.0 Å². The highest BCUT2D eigenvalue weighted by Crippen LogP contribution is 2.45. The van der Waals surface area contributed by atoms with Crippen molar-refractivity contribution in [2.24, 2.45) is 5.92 Å². The first-order valence-corrected chi connectivity index (χ1v) is 13.0. The van der Waals surface area contributed by atoms with Gasteiger partial charge in [0.15, 0.2) is 25.2 Å². The largest absolute Gasteiger partial charge is 0.496 e. The molecule has 0 bridgehead atoms. The van der Waals surface area contributed by atoms with Crippen molar-refractivity contribution >= 4 is 17.7 Å². The number of anilines is 1. The molecule has 3 heterocycles. The highest BCUT2D eigenvalue weighted by atomic mass is 19.4. The van der Waals surface area contributed by atoms with Crippen LogP contribution in [0.4, 0.5) is 23.7 Å². The van der Waals surface area contributed by atoms with Crippen molar-refractivity contribution in [3.05, 3.63) is 89.2 Å². The van der Waals surface area contributed by atoms with E-state index >= 15 is 0 Å². The van der Waals surface area contributed by atoms with E-state index in [9.17, 15) is 28.0 Å². The van der Waals surface area contributed by atoms with Gasteiger partial charge in [0.2, 0.25) is 0 Å². The molecule has 2 fully saturated rings. The summed E-state index contributed by atoms with van der Waals surface area (Å²) >= 11 is 0. The zero-order valence-corrected chi connectivity index (χ0v) is 22.9. The van der Waals surface area contributed by atoms with Crippen molar-refractivity contribution in [2.75, 3.05) is 19.1 Å². The Labute approximate surface area is 239 Å². The van der Waals surface area contributed by atoms with Gasteiger partial charge in [0, 0.05) is 29.4 Å². The second kappa shape index (κ2) is 11.2. The van der Waals surface area contributed by atoms with Crippen molar-refractivity contribution in [2.45, 2.75) is 38.0 Å². The predicted octanol–water partition coefficient (Wildman–Crippen LogP) is 3.47. The van der Waals surface area contributed by atoms with Crippen molar-refractivity contribution in [3.8, 4) is 11.8 Å². The molecule has 2 aliphatic heterocycles. The number of fused-ring (bicyclic) bond motifs is 1. The monoisotopic (exact) mass is 581 g/mol. The summed E-state index contributed by atoms with van der Waals surface area (Å²) in [6.45, 7) is 2.00. The Kier molecular flexibility index (Phi) is 7.66. The summed E-state index contributed by atoms with van der Waals surface area (Å²) in [4.78, 5) is 29.7. The maximum atomic E-state index is 13.6. The highest BCUT2D eigenvalue weighted by Gasteiger charge is 2.55. The van der Waals surface area contributed by atoms with Gasteiger partial charge in [-0.2, -0.15) is 23.9 Å². The topological polar surface area (TPSA) is 111 Å². The first-order chi connectivity index (χ1) is 20.1. The molecule has 1 aromatic heterocycles. The van der Waals surface area contributed by atoms with Crippen LogP contribution in [0.2, 0.25) is 0 Å². The molecule has 3 unspecified atom stereocenters. The number of nitrogens with zero attached hydrogens (tertiary/aromatic N) is 4. The molecule has 42 heavy (non-hydrogen) atoms. The van der Waals surface area contributed by atoms with Gasteiger partial charge in [-0.3, -0.25) is 15.1 Å².